The van der Waals surface area contributed by atoms with E-state index in [1.165, 1.54) is 19.3 Å². The molecule has 3 amide bonds. The number of nitrogens with zero attached hydrogens (tertiary/aromatic N) is 3. The van der Waals surface area contributed by atoms with Crippen molar-refractivity contribution < 1.29 is 53.9 Å². The van der Waals surface area contributed by atoms with E-state index < -0.39 is 71.1 Å². The lowest BCUT2D eigenvalue weighted by molar-refractivity contribution is -0.174. The van der Waals surface area contributed by atoms with E-state index in [4.69, 9.17) is 0 Å². The molecule has 284 valence electrons. The van der Waals surface area contributed by atoms with Crippen LogP contribution in [-0.2, 0) is 45.9 Å². The predicted molar refractivity (Wildman–Crippen MR) is 171 cm³/mol. The summed E-state index contributed by atoms with van der Waals surface area (Å²) in [6, 6.07) is 5.58. The average molecular weight is 748 g/mol. The number of alkyl halides is 9. The van der Waals surface area contributed by atoms with Gasteiger partial charge in [-0.05, 0) is 42.2 Å². The van der Waals surface area contributed by atoms with E-state index in [9.17, 15) is 53.9 Å². The van der Waals surface area contributed by atoms with Crippen LogP contribution in [-0.4, -0.2) is 82.2 Å². The summed E-state index contributed by atoms with van der Waals surface area (Å²) in [5, 5.41) is 3.25. The van der Waals surface area contributed by atoms with Gasteiger partial charge >= 0.3 is 18.5 Å². The van der Waals surface area contributed by atoms with Gasteiger partial charge in [-0.3, -0.25) is 29.1 Å². The fraction of sp³-hybridized carbons (Fsp3) is 0.514. The second-order valence-electron chi connectivity index (χ2n) is 13.3. The number of aromatic nitrogens is 1. The number of para-hydroxylation sites is 1. The van der Waals surface area contributed by atoms with Gasteiger partial charge in [0.1, 0.15) is 6.04 Å². The van der Waals surface area contributed by atoms with Gasteiger partial charge in [-0.2, -0.15) is 39.5 Å². The summed E-state index contributed by atoms with van der Waals surface area (Å²) in [5.74, 6) is -2.90. The Bertz CT molecular complexity index is 1720. The topological polar surface area (TPSA) is 88.8 Å². The molecule has 1 aromatic heterocycles. The first-order valence-corrected chi connectivity index (χ1v) is 16.8. The first-order chi connectivity index (χ1) is 24.3. The van der Waals surface area contributed by atoms with Crippen molar-refractivity contribution in [1.29, 1.82) is 0 Å². The van der Waals surface area contributed by atoms with E-state index in [1.54, 1.807) is 30.5 Å². The van der Waals surface area contributed by atoms with Crippen LogP contribution in [0.5, 0.6) is 0 Å². The van der Waals surface area contributed by atoms with Gasteiger partial charge in [-0.25, -0.2) is 0 Å². The molecule has 52 heavy (non-hydrogen) atoms. The number of carbonyl (C=O) groups excluding carboxylic acids is 3. The maximum atomic E-state index is 14.0. The molecule has 0 spiro atoms. The molecule has 1 saturated carbocycles. The van der Waals surface area contributed by atoms with Gasteiger partial charge in [-0.1, -0.05) is 37.5 Å². The third-order valence-electron chi connectivity index (χ3n) is 9.68. The van der Waals surface area contributed by atoms with Gasteiger partial charge in [0.15, 0.2) is 0 Å². The van der Waals surface area contributed by atoms with Crippen LogP contribution >= 0.6 is 0 Å². The number of piperazine rings is 1. The second-order valence-corrected chi connectivity index (χ2v) is 13.3. The Balaban J connectivity index is 1.42. The first kappa shape index (κ1) is 39.1. The van der Waals surface area contributed by atoms with Gasteiger partial charge in [0, 0.05) is 62.7 Å². The van der Waals surface area contributed by atoms with E-state index in [-0.39, 0.29) is 25.1 Å². The fourth-order valence-electron chi connectivity index (χ4n) is 7.16. The Morgan fingerprint density at radius 1 is 0.865 bits per heavy atom. The number of nitrogens with one attached hydrogen (secondary N) is 2. The van der Waals surface area contributed by atoms with E-state index >= 15 is 0 Å². The molecule has 3 aromatic rings. The molecular weight excluding hydrogens is 709 g/mol. The highest BCUT2D eigenvalue weighted by Crippen LogP contribution is 2.47. The lowest BCUT2D eigenvalue weighted by atomic mass is 9.94. The molecular formula is C35H38F9N5O3. The number of aromatic amines is 1. The molecule has 2 N–H and O–H groups in total. The van der Waals surface area contributed by atoms with Gasteiger partial charge in [-0.15, -0.1) is 0 Å². The molecule has 1 aliphatic heterocycles. The molecule has 0 radical (unpaired) electrons. The fourth-order valence-corrected chi connectivity index (χ4v) is 7.16. The number of amides is 3. The van der Waals surface area contributed by atoms with Crippen LogP contribution in [0, 0.1) is 0 Å². The zero-order chi connectivity index (χ0) is 38.0. The maximum Gasteiger partial charge on any atom is 0.417 e. The molecule has 5 rings (SSSR count). The van der Waals surface area contributed by atoms with Gasteiger partial charge < -0.3 is 10.3 Å². The third kappa shape index (κ3) is 9.26. The van der Waals surface area contributed by atoms with Crippen molar-refractivity contribution in [2.75, 3.05) is 32.7 Å². The molecule has 2 heterocycles. The van der Waals surface area contributed by atoms with E-state index in [0.29, 0.717) is 40.5 Å². The number of rotatable bonds is 9. The SMILES string of the molecule is CC(=O)N(Cc1cc(C(F)(F)F)c(C(F)(F)F)c(C(F)(F)F)c1)C(=O)C(Cc1c[nH]c2ccccc12)NC(=O)CN1CCN(C2CCCCC2)CC1. The Kier molecular flexibility index (Phi) is 11.6. The molecule has 2 aliphatic rings. The summed E-state index contributed by atoms with van der Waals surface area (Å²) in [4.78, 5) is 47.9. The number of H-pyrrole nitrogens is 1. The monoisotopic (exact) mass is 747 g/mol. The highest BCUT2D eigenvalue weighted by atomic mass is 19.4. The van der Waals surface area contributed by atoms with Crippen molar-refractivity contribution in [3.63, 3.8) is 0 Å². The summed E-state index contributed by atoms with van der Waals surface area (Å²) in [7, 11) is 0. The number of carbonyl (C=O) groups is 3. The molecule has 0 bridgehead atoms. The number of hydrogen-bond donors (Lipinski definition) is 2. The summed E-state index contributed by atoms with van der Waals surface area (Å²) in [6.45, 7) is 2.08. The van der Waals surface area contributed by atoms with Crippen LogP contribution < -0.4 is 5.32 Å². The minimum atomic E-state index is -6.04. The summed E-state index contributed by atoms with van der Waals surface area (Å²) >= 11 is 0. The second kappa shape index (κ2) is 15.5. The highest BCUT2D eigenvalue weighted by molar-refractivity contribution is 5.99. The first-order valence-electron chi connectivity index (χ1n) is 16.8. The van der Waals surface area contributed by atoms with Crippen molar-refractivity contribution in [3.05, 3.63) is 70.4 Å². The molecule has 1 atom stereocenters. The zero-order valence-corrected chi connectivity index (χ0v) is 28.1. The number of imide groups is 1. The molecule has 1 unspecified atom stereocenters. The van der Waals surface area contributed by atoms with Crippen molar-refractivity contribution in [3.8, 4) is 0 Å². The van der Waals surface area contributed by atoms with Crippen molar-refractivity contribution in [2.24, 2.45) is 0 Å². The maximum absolute atomic E-state index is 14.0. The van der Waals surface area contributed by atoms with E-state index in [2.05, 4.69) is 15.2 Å². The lowest BCUT2D eigenvalue weighted by Crippen LogP contribution is -2.55. The standard InChI is InChI=1S/C35H38F9N5O3/c1-21(50)49(19-22-15-26(33(36,37)38)31(35(42,43)44)27(16-22)34(39,40)41)32(52)29(17-23-18-45-28-10-6-5-9-25(23)28)46-30(51)20-47-11-13-48(14-12-47)24-7-3-2-4-8-24/h5-6,9-10,15-16,18,24,29,45H,2-4,7-8,11-14,17,19-20H2,1H3,(H,46,51). The molecule has 1 saturated heterocycles. The largest absolute Gasteiger partial charge is 0.417 e. The number of fused-ring (bicyclic) bond motifs is 1. The minimum absolute atomic E-state index is 0.126. The predicted octanol–water partition coefficient (Wildman–Crippen LogP) is 6.78. The molecule has 2 fully saturated rings. The van der Waals surface area contributed by atoms with Crippen LogP contribution in [0.4, 0.5) is 39.5 Å². The third-order valence-corrected chi connectivity index (χ3v) is 9.68. The zero-order valence-electron chi connectivity index (χ0n) is 28.1. The van der Waals surface area contributed by atoms with Crippen LogP contribution in [0.2, 0.25) is 0 Å². The van der Waals surface area contributed by atoms with Gasteiger partial charge in [0.2, 0.25) is 11.8 Å². The smallest absolute Gasteiger partial charge is 0.361 e. The van der Waals surface area contributed by atoms with Crippen LogP contribution in [0.15, 0.2) is 42.6 Å². The molecule has 1 aliphatic carbocycles. The van der Waals surface area contributed by atoms with Crippen molar-refractivity contribution in [1.82, 2.24) is 25.0 Å². The highest BCUT2D eigenvalue weighted by Gasteiger charge is 2.50. The Labute approximate surface area is 293 Å². The van der Waals surface area contributed by atoms with Gasteiger partial charge in [0.25, 0.3) is 5.91 Å². The van der Waals surface area contributed by atoms with E-state index in [1.807, 2.05) is 4.90 Å². The summed E-state index contributed by atoms with van der Waals surface area (Å²) < 4.78 is 124. The summed E-state index contributed by atoms with van der Waals surface area (Å²) in [6.07, 6.45) is -10.7. The summed E-state index contributed by atoms with van der Waals surface area (Å²) in [5.41, 5.74) is -8.02. The Morgan fingerprint density at radius 3 is 2.02 bits per heavy atom. The lowest BCUT2D eigenvalue weighted by Gasteiger charge is -2.40. The minimum Gasteiger partial charge on any atom is -0.361 e. The molecule has 17 heteroatoms. The van der Waals surface area contributed by atoms with E-state index in [0.717, 1.165) is 32.9 Å². The normalized spacial score (nSPS) is 17.7. The number of benzene rings is 2. The Morgan fingerprint density at radius 2 is 1.46 bits per heavy atom. The van der Waals surface area contributed by atoms with Crippen molar-refractivity contribution >= 4 is 28.6 Å². The van der Waals surface area contributed by atoms with Crippen molar-refractivity contribution in [2.45, 2.75) is 82.6 Å². The molecule has 8 nitrogen and oxygen atoms in total. The number of hydrogen-bond acceptors (Lipinski definition) is 5. The Hall–Kier alpha value is -4.12. The average Bonchev–Trinajstić information content (AvgIpc) is 3.48. The number of halogens is 9. The van der Waals surface area contributed by atoms with Crippen LogP contribution in [0.25, 0.3) is 10.9 Å². The quantitative estimate of drug-likeness (QED) is 0.236. The van der Waals surface area contributed by atoms with Crippen LogP contribution in [0.3, 0.4) is 0 Å². The van der Waals surface area contributed by atoms with Crippen LogP contribution in [0.1, 0.15) is 66.8 Å². The molecule has 2 aromatic carbocycles. The van der Waals surface area contributed by atoms with Gasteiger partial charge in [0.05, 0.1) is 29.8 Å².